The average Bonchev–Trinajstić information content (AvgIpc) is 2.62. The van der Waals surface area contributed by atoms with Crippen molar-refractivity contribution in [2.75, 3.05) is 6.61 Å². The Morgan fingerprint density at radius 2 is 1.87 bits per heavy atom. The molecule has 0 aromatic heterocycles. The Bertz CT molecular complexity index is 278. The summed E-state index contributed by atoms with van der Waals surface area (Å²) in [6, 6.07) is 0. The van der Waals surface area contributed by atoms with Crippen molar-refractivity contribution in [2.24, 2.45) is 0 Å². The molecule has 1 heterocycles. The van der Waals surface area contributed by atoms with Crippen molar-refractivity contribution in [3.63, 3.8) is 0 Å². The lowest BCUT2D eigenvalue weighted by atomic mass is 9.94. The van der Waals surface area contributed by atoms with Crippen LogP contribution in [0.15, 0.2) is 0 Å². The third-order valence-corrected chi connectivity index (χ3v) is 3.11. The first-order valence-electron chi connectivity index (χ1n) is 5.49. The van der Waals surface area contributed by atoms with Crippen molar-refractivity contribution in [3.05, 3.63) is 0 Å². The molecule has 0 amide bonds. The lowest BCUT2D eigenvalue weighted by Crippen LogP contribution is -2.36. The first-order valence-corrected chi connectivity index (χ1v) is 5.49. The highest BCUT2D eigenvalue weighted by Crippen LogP contribution is 2.37. The third kappa shape index (κ3) is 2.11. The fourth-order valence-corrected chi connectivity index (χ4v) is 2.26. The van der Waals surface area contributed by atoms with Crippen LogP contribution in [0, 0.1) is 0 Å². The first kappa shape index (κ1) is 10.8. The number of carbonyl (C=O) groups is 2. The summed E-state index contributed by atoms with van der Waals surface area (Å²) in [5.41, 5.74) is 0. The van der Waals surface area contributed by atoms with Gasteiger partial charge >= 0.3 is 0 Å². The zero-order valence-corrected chi connectivity index (χ0v) is 8.95. The topological polar surface area (TPSA) is 52.6 Å². The molecule has 1 saturated carbocycles. The summed E-state index contributed by atoms with van der Waals surface area (Å²) >= 11 is 0. The molecule has 1 atom stereocenters. The number of Topliss-reactive ketones (excluding diaryl/α,β-unsaturated/α-hetero) is 2. The molecule has 0 radical (unpaired) electrons. The summed E-state index contributed by atoms with van der Waals surface area (Å²) in [5, 5.41) is 0. The van der Waals surface area contributed by atoms with Gasteiger partial charge in [0.15, 0.2) is 17.7 Å². The van der Waals surface area contributed by atoms with Crippen LogP contribution in [0.1, 0.15) is 39.0 Å². The van der Waals surface area contributed by atoms with E-state index in [1.807, 2.05) is 0 Å². The normalized spacial score (nSPS) is 29.3. The summed E-state index contributed by atoms with van der Waals surface area (Å²) in [4.78, 5) is 22.3. The van der Waals surface area contributed by atoms with E-state index in [4.69, 9.17) is 9.47 Å². The maximum absolute atomic E-state index is 11.4. The molecule has 0 aromatic rings. The highest BCUT2D eigenvalue weighted by Gasteiger charge is 2.45. The lowest BCUT2D eigenvalue weighted by molar-refractivity contribution is -0.188. The van der Waals surface area contributed by atoms with E-state index < -0.39 is 23.5 Å². The molecule has 84 valence electrons. The molecule has 1 aliphatic carbocycles. The van der Waals surface area contributed by atoms with E-state index in [0.29, 0.717) is 0 Å². The van der Waals surface area contributed by atoms with Crippen molar-refractivity contribution >= 4 is 11.6 Å². The average molecular weight is 212 g/mol. The van der Waals surface area contributed by atoms with Crippen LogP contribution < -0.4 is 0 Å². The van der Waals surface area contributed by atoms with Gasteiger partial charge in [-0.1, -0.05) is 6.42 Å². The van der Waals surface area contributed by atoms with Gasteiger partial charge in [-0.2, -0.15) is 0 Å². The van der Waals surface area contributed by atoms with Gasteiger partial charge in [0.05, 0.1) is 6.61 Å². The number of carbonyl (C=O) groups excluding carboxylic acids is 2. The first-order chi connectivity index (χ1) is 7.13. The molecular formula is C11H16O4. The van der Waals surface area contributed by atoms with Crippen LogP contribution in [0.3, 0.4) is 0 Å². The highest BCUT2D eigenvalue weighted by atomic mass is 16.7. The van der Waals surface area contributed by atoms with Gasteiger partial charge in [-0.3, -0.25) is 9.59 Å². The molecule has 4 nitrogen and oxygen atoms in total. The maximum Gasteiger partial charge on any atom is 0.229 e. The quantitative estimate of drug-likeness (QED) is 0.646. The fourth-order valence-electron chi connectivity index (χ4n) is 2.26. The van der Waals surface area contributed by atoms with E-state index in [1.165, 1.54) is 13.3 Å². The van der Waals surface area contributed by atoms with E-state index >= 15 is 0 Å². The van der Waals surface area contributed by atoms with Crippen LogP contribution in [-0.4, -0.2) is 30.1 Å². The van der Waals surface area contributed by atoms with Gasteiger partial charge in [-0.15, -0.1) is 0 Å². The summed E-state index contributed by atoms with van der Waals surface area (Å²) in [6.07, 6.45) is 4.35. The Labute approximate surface area is 88.9 Å². The standard InChI is InChI=1S/C11H16O4/c1-8(12)10(13)9-7-14-11(15-9)5-3-2-4-6-11/h9H,2-7H2,1H3/t9-/m1/s1. The van der Waals surface area contributed by atoms with Crippen molar-refractivity contribution in [1.29, 1.82) is 0 Å². The Kier molecular flexibility index (Phi) is 2.89. The van der Waals surface area contributed by atoms with Crippen molar-refractivity contribution in [2.45, 2.75) is 50.9 Å². The number of rotatable bonds is 2. The molecule has 2 fully saturated rings. The van der Waals surface area contributed by atoms with E-state index in [0.717, 1.165) is 25.7 Å². The van der Waals surface area contributed by atoms with Gasteiger partial charge in [-0.25, -0.2) is 0 Å². The zero-order valence-electron chi connectivity index (χ0n) is 8.95. The minimum absolute atomic E-state index is 0.235. The van der Waals surface area contributed by atoms with Crippen molar-refractivity contribution < 1.29 is 19.1 Å². The second kappa shape index (κ2) is 4.02. The summed E-state index contributed by atoms with van der Waals surface area (Å²) in [6.45, 7) is 1.51. The van der Waals surface area contributed by atoms with Crippen molar-refractivity contribution in [3.8, 4) is 0 Å². The van der Waals surface area contributed by atoms with Gasteiger partial charge in [0.1, 0.15) is 0 Å². The van der Waals surface area contributed by atoms with Crippen LogP contribution in [0.2, 0.25) is 0 Å². The number of ether oxygens (including phenoxy) is 2. The summed E-state index contributed by atoms with van der Waals surface area (Å²) < 4.78 is 11.2. The highest BCUT2D eigenvalue weighted by molar-refractivity contribution is 6.38. The minimum Gasteiger partial charge on any atom is -0.347 e. The van der Waals surface area contributed by atoms with Crippen LogP contribution in [-0.2, 0) is 19.1 Å². The largest absolute Gasteiger partial charge is 0.347 e. The van der Waals surface area contributed by atoms with Gasteiger partial charge in [0.2, 0.25) is 5.78 Å². The Hall–Kier alpha value is -0.740. The predicted molar refractivity (Wildman–Crippen MR) is 52.3 cm³/mol. The molecule has 0 unspecified atom stereocenters. The smallest absolute Gasteiger partial charge is 0.229 e. The summed E-state index contributed by atoms with van der Waals surface area (Å²) in [7, 11) is 0. The minimum atomic E-state index is -0.666. The molecule has 2 rings (SSSR count). The molecular weight excluding hydrogens is 196 g/mol. The molecule has 15 heavy (non-hydrogen) atoms. The molecule has 1 spiro atoms. The molecule has 2 aliphatic rings. The maximum atomic E-state index is 11.4. The van der Waals surface area contributed by atoms with Crippen LogP contribution >= 0.6 is 0 Å². The Morgan fingerprint density at radius 1 is 1.20 bits per heavy atom. The Morgan fingerprint density at radius 3 is 2.47 bits per heavy atom. The van der Waals surface area contributed by atoms with E-state index in [-0.39, 0.29) is 6.61 Å². The summed E-state index contributed by atoms with van der Waals surface area (Å²) in [5.74, 6) is -1.47. The van der Waals surface area contributed by atoms with Gasteiger partial charge in [0, 0.05) is 19.8 Å². The zero-order chi connectivity index (χ0) is 10.9. The molecule has 1 aliphatic heterocycles. The molecule has 0 bridgehead atoms. The lowest BCUT2D eigenvalue weighted by Gasteiger charge is -2.31. The predicted octanol–water partition coefficient (Wildman–Crippen LogP) is 1.22. The molecule has 0 aromatic carbocycles. The second-order valence-corrected chi connectivity index (χ2v) is 4.31. The van der Waals surface area contributed by atoms with Crippen LogP contribution in [0.25, 0.3) is 0 Å². The van der Waals surface area contributed by atoms with Gasteiger partial charge < -0.3 is 9.47 Å². The monoisotopic (exact) mass is 212 g/mol. The molecule has 4 heteroatoms. The number of hydrogen-bond donors (Lipinski definition) is 0. The van der Waals surface area contributed by atoms with E-state index in [1.54, 1.807) is 0 Å². The van der Waals surface area contributed by atoms with Gasteiger partial charge in [-0.05, 0) is 12.8 Å². The van der Waals surface area contributed by atoms with E-state index in [9.17, 15) is 9.59 Å². The van der Waals surface area contributed by atoms with Crippen molar-refractivity contribution in [1.82, 2.24) is 0 Å². The van der Waals surface area contributed by atoms with Crippen LogP contribution in [0.5, 0.6) is 0 Å². The number of ketones is 2. The second-order valence-electron chi connectivity index (χ2n) is 4.31. The third-order valence-electron chi connectivity index (χ3n) is 3.11. The van der Waals surface area contributed by atoms with Gasteiger partial charge in [0.25, 0.3) is 0 Å². The number of hydrogen-bond acceptors (Lipinski definition) is 4. The molecule has 1 saturated heterocycles. The molecule has 0 N–H and O–H groups in total. The fraction of sp³-hybridized carbons (Fsp3) is 0.818. The SMILES string of the molecule is CC(=O)C(=O)[C@H]1COC2(CCCCC2)O1. The Balaban J connectivity index is 1.99. The van der Waals surface area contributed by atoms with E-state index in [2.05, 4.69) is 0 Å². The van der Waals surface area contributed by atoms with Crippen LogP contribution in [0.4, 0.5) is 0 Å².